The fourth-order valence-corrected chi connectivity index (χ4v) is 2.79. The van der Waals surface area contributed by atoms with E-state index in [0.29, 0.717) is 31.1 Å². The fraction of sp³-hybridized carbons (Fsp3) is 0.286. The molecule has 1 amide bonds. The van der Waals surface area contributed by atoms with Crippen molar-refractivity contribution < 1.29 is 18.7 Å². The summed E-state index contributed by atoms with van der Waals surface area (Å²) in [6.07, 6.45) is 0. The summed E-state index contributed by atoms with van der Waals surface area (Å²) < 4.78 is 16.9. The maximum atomic E-state index is 12.4. The molecule has 0 fully saturated rings. The Labute approximate surface area is 152 Å². The maximum absolute atomic E-state index is 12.4. The highest BCUT2D eigenvalue weighted by Gasteiger charge is 2.17. The number of carbonyl (C=O) groups excluding carboxylic acids is 1. The van der Waals surface area contributed by atoms with Crippen molar-refractivity contribution in [3.05, 3.63) is 59.4 Å². The molecule has 3 aromatic rings. The van der Waals surface area contributed by atoms with Crippen LogP contribution in [0.5, 0.6) is 11.5 Å². The first kappa shape index (κ1) is 17.9. The van der Waals surface area contributed by atoms with E-state index in [1.54, 1.807) is 0 Å². The van der Waals surface area contributed by atoms with Gasteiger partial charge in [0.05, 0.1) is 13.2 Å². The van der Waals surface area contributed by atoms with Gasteiger partial charge < -0.3 is 19.2 Å². The summed E-state index contributed by atoms with van der Waals surface area (Å²) in [5, 5.41) is 3.72. The lowest BCUT2D eigenvalue weighted by Crippen LogP contribution is -2.28. The van der Waals surface area contributed by atoms with E-state index in [0.717, 1.165) is 28.0 Å². The third-order valence-electron chi connectivity index (χ3n) is 4.07. The minimum Gasteiger partial charge on any atom is -0.494 e. The van der Waals surface area contributed by atoms with Crippen LogP contribution in [0.4, 0.5) is 0 Å². The lowest BCUT2D eigenvalue weighted by molar-refractivity contribution is 0.0920. The zero-order valence-electron chi connectivity index (χ0n) is 15.3. The van der Waals surface area contributed by atoms with Gasteiger partial charge in [0.1, 0.15) is 23.7 Å². The van der Waals surface area contributed by atoms with Crippen molar-refractivity contribution in [2.75, 3.05) is 19.8 Å². The number of hydrogen-bond donors (Lipinski definition) is 1. The van der Waals surface area contributed by atoms with Gasteiger partial charge in [0, 0.05) is 10.9 Å². The standard InChI is InChI=1S/C21H23NO4/c1-4-24-17-8-9-19-18(13-17)15(3)20(26-19)21(23)22-10-11-25-16-7-5-6-14(2)12-16/h5-9,12-13H,4,10-11H2,1-3H3,(H,22,23). The second-order valence-corrected chi connectivity index (χ2v) is 6.07. The second-order valence-electron chi connectivity index (χ2n) is 6.07. The third-order valence-corrected chi connectivity index (χ3v) is 4.07. The molecule has 0 aliphatic carbocycles. The normalized spacial score (nSPS) is 10.7. The number of furan rings is 1. The molecule has 1 heterocycles. The molecule has 0 bridgehead atoms. The van der Waals surface area contributed by atoms with Crippen LogP contribution in [0.25, 0.3) is 11.0 Å². The molecule has 136 valence electrons. The summed E-state index contributed by atoms with van der Waals surface area (Å²) in [6, 6.07) is 13.4. The van der Waals surface area contributed by atoms with Gasteiger partial charge in [-0.25, -0.2) is 0 Å². The molecular formula is C21H23NO4. The minimum absolute atomic E-state index is 0.246. The Morgan fingerprint density at radius 2 is 1.88 bits per heavy atom. The number of hydrogen-bond acceptors (Lipinski definition) is 4. The molecule has 1 N–H and O–H groups in total. The average molecular weight is 353 g/mol. The Kier molecular flexibility index (Phi) is 5.46. The van der Waals surface area contributed by atoms with E-state index in [9.17, 15) is 4.79 Å². The highest BCUT2D eigenvalue weighted by molar-refractivity contribution is 5.99. The molecule has 1 aromatic heterocycles. The molecule has 0 aliphatic rings. The summed E-state index contributed by atoms with van der Waals surface area (Å²) in [5.74, 6) is 1.64. The second kappa shape index (κ2) is 7.95. The van der Waals surface area contributed by atoms with Crippen LogP contribution in [-0.2, 0) is 0 Å². The predicted molar refractivity (Wildman–Crippen MR) is 101 cm³/mol. The smallest absolute Gasteiger partial charge is 0.287 e. The topological polar surface area (TPSA) is 60.7 Å². The van der Waals surface area contributed by atoms with Crippen LogP contribution < -0.4 is 14.8 Å². The van der Waals surface area contributed by atoms with Crippen molar-refractivity contribution in [1.82, 2.24) is 5.32 Å². The average Bonchev–Trinajstić information content (AvgIpc) is 2.96. The predicted octanol–water partition coefficient (Wildman–Crippen LogP) is 4.26. The Balaban J connectivity index is 1.61. The molecule has 0 saturated heterocycles. The van der Waals surface area contributed by atoms with E-state index < -0.39 is 0 Å². The van der Waals surface area contributed by atoms with Gasteiger partial charge in [-0.15, -0.1) is 0 Å². The summed E-state index contributed by atoms with van der Waals surface area (Å²) in [6.45, 7) is 7.20. The Hall–Kier alpha value is -2.95. The SMILES string of the molecule is CCOc1ccc2oc(C(=O)NCCOc3cccc(C)c3)c(C)c2c1. The van der Waals surface area contributed by atoms with Crippen LogP contribution in [-0.4, -0.2) is 25.7 Å². The van der Waals surface area contributed by atoms with Crippen LogP contribution >= 0.6 is 0 Å². The number of carbonyl (C=O) groups is 1. The quantitative estimate of drug-likeness (QED) is 0.645. The van der Waals surface area contributed by atoms with Crippen LogP contribution in [0.3, 0.4) is 0 Å². The summed E-state index contributed by atoms with van der Waals surface area (Å²) >= 11 is 0. The first-order valence-electron chi connectivity index (χ1n) is 8.72. The zero-order valence-corrected chi connectivity index (χ0v) is 15.3. The van der Waals surface area contributed by atoms with Crippen LogP contribution in [0, 0.1) is 13.8 Å². The molecule has 0 unspecified atom stereocenters. The monoisotopic (exact) mass is 353 g/mol. The van der Waals surface area contributed by atoms with Crippen LogP contribution in [0.1, 0.15) is 28.6 Å². The fourth-order valence-electron chi connectivity index (χ4n) is 2.79. The first-order valence-corrected chi connectivity index (χ1v) is 8.72. The Morgan fingerprint density at radius 3 is 2.65 bits per heavy atom. The zero-order chi connectivity index (χ0) is 18.5. The van der Waals surface area contributed by atoms with Crippen molar-refractivity contribution in [2.24, 2.45) is 0 Å². The molecule has 0 radical (unpaired) electrons. The number of fused-ring (bicyclic) bond motifs is 1. The van der Waals surface area contributed by atoms with Crippen molar-refractivity contribution in [3.8, 4) is 11.5 Å². The van der Waals surface area contributed by atoms with Crippen molar-refractivity contribution in [3.63, 3.8) is 0 Å². The van der Waals surface area contributed by atoms with Crippen LogP contribution in [0.15, 0.2) is 46.9 Å². The first-order chi connectivity index (χ1) is 12.6. The summed E-state index contributed by atoms with van der Waals surface area (Å²) in [4.78, 5) is 12.4. The number of rotatable bonds is 7. The molecule has 0 aliphatic heterocycles. The van der Waals surface area contributed by atoms with E-state index in [-0.39, 0.29) is 5.91 Å². The van der Waals surface area contributed by atoms with Gasteiger partial charge in [0.2, 0.25) is 0 Å². The largest absolute Gasteiger partial charge is 0.494 e. The molecule has 5 heteroatoms. The molecule has 2 aromatic carbocycles. The number of ether oxygens (including phenoxy) is 2. The molecule has 0 spiro atoms. The van der Waals surface area contributed by atoms with Gasteiger partial charge in [-0.05, 0) is 56.7 Å². The van der Waals surface area contributed by atoms with Gasteiger partial charge in [-0.1, -0.05) is 12.1 Å². The van der Waals surface area contributed by atoms with Gasteiger partial charge in [-0.2, -0.15) is 0 Å². The lowest BCUT2D eigenvalue weighted by Gasteiger charge is -2.07. The van der Waals surface area contributed by atoms with Gasteiger partial charge in [0.15, 0.2) is 5.76 Å². The molecule has 26 heavy (non-hydrogen) atoms. The third kappa shape index (κ3) is 3.99. The van der Waals surface area contributed by atoms with E-state index in [1.807, 2.05) is 63.2 Å². The molecule has 0 atom stereocenters. The van der Waals surface area contributed by atoms with Gasteiger partial charge >= 0.3 is 0 Å². The minimum atomic E-state index is -0.246. The highest BCUT2D eigenvalue weighted by Crippen LogP contribution is 2.28. The Morgan fingerprint density at radius 1 is 1.08 bits per heavy atom. The maximum Gasteiger partial charge on any atom is 0.287 e. The van der Waals surface area contributed by atoms with Gasteiger partial charge in [-0.3, -0.25) is 4.79 Å². The number of aryl methyl sites for hydroxylation is 2. The lowest BCUT2D eigenvalue weighted by atomic mass is 10.1. The number of benzene rings is 2. The van der Waals surface area contributed by atoms with Crippen molar-refractivity contribution >= 4 is 16.9 Å². The van der Waals surface area contributed by atoms with Crippen molar-refractivity contribution in [2.45, 2.75) is 20.8 Å². The molecule has 5 nitrogen and oxygen atoms in total. The summed E-state index contributed by atoms with van der Waals surface area (Å²) in [7, 11) is 0. The van der Waals surface area contributed by atoms with E-state index in [1.165, 1.54) is 0 Å². The van der Waals surface area contributed by atoms with E-state index >= 15 is 0 Å². The number of nitrogens with one attached hydrogen (secondary N) is 1. The van der Waals surface area contributed by atoms with Gasteiger partial charge in [0.25, 0.3) is 5.91 Å². The van der Waals surface area contributed by atoms with E-state index in [2.05, 4.69) is 5.32 Å². The highest BCUT2D eigenvalue weighted by atomic mass is 16.5. The number of amides is 1. The van der Waals surface area contributed by atoms with E-state index in [4.69, 9.17) is 13.9 Å². The van der Waals surface area contributed by atoms with Crippen LogP contribution in [0.2, 0.25) is 0 Å². The summed E-state index contributed by atoms with van der Waals surface area (Å²) in [5.41, 5.74) is 2.61. The molecular weight excluding hydrogens is 330 g/mol. The van der Waals surface area contributed by atoms with Crippen molar-refractivity contribution in [1.29, 1.82) is 0 Å². The Bertz CT molecular complexity index is 914. The molecule has 0 saturated carbocycles. The molecule has 3 rings (SSSR count).